The fourth-order valence-electron chi connectivity index (χ4n) is 1.91. The first-order valence-electron chi connectivity index (χ1n) is 5.83. The van der Waals surface area contributed by atoms with Crippen molar-refractivity contribution in [1.29, 1.82) is 0 Å². The number of halogens is 1. The van der Waals surface area contributed by atoms with E-state index in [1.165, 1.54) is 0 Å². The number of amides is 1. The van der Waals surface area contributed by atoms with Gasteiger partial charge in [0.1, 0.15) is 5.69 Å². The molecule has 0 N–H and O–H groups in total. The van der Waals surface area contributed by atoms with Gasteiger partial charge in [-0.05, 0) is 28.9 Å². The average molecular weight is 326 g/mol. The molecule has 0 fully saturated rings. The zero-order valence-electron chi connectivity index (χ0n) is 11.4. The molecule has 0 radical (unpaired) electrons. The lowest BCUT2D eigenvalue weighted by atomic mass is 10.3. The van der Waals surface area contributed by atoms with E-state index >= 15 is 0 Å². The van der Waals surface area contributed by atoms with Crippen LogP contribution in [0.4, 0.5) is 0 Å². The Balaban J connectivity index is 2.19. The third-order valence-corrected chi connectivity index (χ3v) is 3.82. The minimum absolute atomic E-state index is 0.0828. The Morgan fingerprint density at radius 1 is 1.42 bits per heavy atom. The van der Waals surface area contributed by atoms with Crippen LogP contribution in [-0.4, -0.2) is 37.4 Å². The molecular weight excluding hydrogens is 310 g/mol. The van der Waals surface area contributed by atoms with Crippen LogP contribution in [0.25, 0.3) is 0 Å². The molecule has 1 amide bonds. The molecule has 7 heteroatoms. The number of nitrogens with zero attached hydrogens (tertiary/aromatic N) is 5. The summed E-state index contributed by atoms with van der Waals surface area (Å²) in [4.78, 5) is 14.0. The van der Waals surface area contributed by atoms with Gasteiger partial charge in [-0.1, -0.05) is 0 Å². The van der Waals surface area contributed by atoms with Crippen LogP contribution in [0.2, 0.25) is 0 Å². The van der Waals surface area contributed by atoms with Gasteiger partial charge in [-0.25, -0.2) is 0 Å². The summed E-state index contributed by atoms with van der Waals surface area (Å²) >= 11 is 3.41. The second-order valence-electron chi connectivity index (χ2n) is 4.51. The number of hydrogen-bond donors (Lipinski definition) is 0. The maximum Gasteiger partial charge on any atom is 0.273 e. The minimum atomic E-state index is -0.0828. The lowest BCUT2D eigenvalue weighted by molar-refractivity contribution is 0.0771. The predicted molar refractivity (Wildman–Crippen MR) is 74.7 cm³/mol. The highest BCUT2D eigenvalue weighted by Crippen LogP contribution is 2.21. The van der Waals surface area contributed by atoms with Crippen LogP contribution in [0.5, 0.6) is 0 Å². The summed E-state index contributed by atoms with van der Waals surface area (Å²) in [5, 5.41) is 8.49. The highest BCUT2D eigenvalue weighted by atomic mass is 79.9. The van der Waals surface area contributed by atoms with E-state index in [0.717, 1.165) is 15.9 Å². The van der Waals surface area contributed by atoms with E-state index < -0.39 is 0 Å². The van der Waals surface area contributed by atoms with E-state index in [1.54, 1.807) is 28.4 Å². The summed E-state index contributed by atoms with van der Waals surface area (Å²) in [5.41, 5.74) is 2.21. The summed E-state index contributed by atoms with van der Waals surface area (Å²) in [7, 11) is 5.37. The average Bonchev–Trinajstić information content (AvgIpc) is 2.84. The zero-order chi connectivity index (χ0) is 14.2. The van der Waals surface area contributed by atoms with E-state index in [2.05, 4.69) is 26.1 Å². The van der Waals surface area contributed by atoms with Crippen molar-refractivity contribution >= 4 is 21.8 Å². The Morgan fingerprint density at radius 3 is 2.58 bits per heavy atom. The summed E-state index contributed by atoms with van der Waals surface area (Å²) in [5.74, 6) is -0.0828. The lowest BCUT2D eigenvalue weighted by Gasteiger charge is -2.16. The monoisotopic (exact) mass is 325 g/mol. The van der Waals surface area contributed by atoms with Crippen molar-refractivity contribution < 1.29 is 4.79 Å². The minimum Gasteiger partial charge on any atom is -0.334 e. The predicted octanol–water partition coefficient (Wildman–Crippen LogP) is 1.50. The first-order valence-corrected chi connectivity index (χ1v) is 6.62. The summed E-state index contributed by atoms with van der Waals surface area (Å²) in [6.07, 6.45) is 1.86. The van der Waals surface area contributed by atoms with Gasteiger partial charge in [-0.2, -0.15) is 10.2 Å². The Kier molecular flexibility index (Phi) is 3.75. The molecule has 6 nitrogen and oxygen atoms in total. The number of aryl methyl sites for hydroxylation is 3. The fourth-order valence-corrected chi connectivity index (χ4v) is 2.41. The topological polar surface area (TPSA) is 56.0 Å². The number of carbonyl (C=O) groups is 1. The molecule has 0 saturated carbocycles. The quantitative estimate of drug-likeness (QED) is 0.859. The van der Waals surface area contributed by atoms with Gasteiger partial charge < -0.3 is 4.90 Å². The van der Waals surface area contributed by atoms with Crippen molar-refractivity contribution in [3.8, 4) is 0 Å². The number of aromatic nitrogens is 4. The normalized spacial score (nSPS) is 10.8. The molecule has 0 atom stereocenters. The van der Waals surface area contributed by atoms with Crippen LogP contribution in [0, 0.1) is 6.92 Å². The van der Waals surface area contributed by atoms with Crippen molar-refractivity contribution in [3.05, 3.63) is 33.8 Å². The lowest BCUT2D eigenvalue weighted by Crippen LogP contribution is -2.28. The van der Waals surface area contributed by atoms with Gasteiger partial charge in [0.05, 0.1) is 22.4 Å². The number of carbonyl (C=O) groups excluding carboxylic acids is 1. The van der Waals surface area contributed by atoms with Gasteiger partial charge in [0.25, 0.3) is 5.91 Å². The van der Waals surface area contributed by atoms with Crippen molar-refractivity contribution in [2.45, 2.75) is 13.5 Å². The van der Waals surface area contributed by atoms with Gasteiger partial charge in [-0.15, -0.1) is 0 Å². The second kappa shape index (κ2) is 5.16. The van der Waals surface area contributed by atoms with E-state index in [0.29, 0.717) is 12.2 Å². The standard InChI is InChI=1S/C12H16BrN5O/c1-8-10(13)11(18(4)14-8)12(19)16(2)7-9-5-6-17(3)15-9/h5-6H,7H2,1-4H3. The van der Waals surface area contributed by atoms with Gasteiger partial charge in [0.15, 0.2) is 0 Å². The largest absolute Gasteiger partial charge is 0.334 e. The van der Waals surface area contributed by atoms with Crippen molar-refractivity contribution in [1.82, 2.24) is 24.5 Å². The fraction of sp³-hybridized carbons (Fsp3) is 0.417. The zero-order valence-corrected chi connectivity index (χ0v) is 13.0. The summed E-state index contributed by atoms with van der Waals surface area (Å²) in [6, 6.07) is 1.90. The molecule has 2 rings (SSSR count). The number of hydrogen-bond acceptors (Lipinski definition) is 3. The molecule has 0 aliphatic rings. The Bertz CT molecular complexity index is 616. The highest BCUT2D eigenvalue weighted by molar-refractivity contribution is 9.10. The molecule has 102 valence electrons. The maximum atomic E-state index is 12.4. The Hall–Kier alpha value is -1.63. The summed E-state index contributed by atoms with van der Waals surface area (Å²) < 4.78 is 4.06. The van der Waals surface area contributed by atoms with Crippen molar-refractivity contribution in [2.24, 2.45) is 14.1 Å². The molecule has 2 aromatic rings. The highest BCUT2D eigenvalue weighted by Gasteiger charge is 2.22. The third kappa shape index (κ3) is 2.70. The van der Waals surface area contributed by atoms with E-state index in [9.17, 15) is 4.79 Å². The molecule has 0 bridgehead atoms. The number of rotatable bonds is 3. The van der Waals surface area contributed by atoms with Crippen LogP contribution < -0.4 is 0 Å². The maximum absolute atomic E-state index is 12.4. The van der Waals surface area contributed by atoms with E-state index in [4.69, 9.17) is 0 Å². The van der Waals surface area contributed by atoms with Gasteiger partial charge >= 0.3 is 0 Å². The van der Waals surface area contributed by atoms with Crippen LogP contribution in [0.1, 0.15) is 21.9 Å². The molecule has 0 aliphatic carbocycles. The molecular formula is C12H16BrN5O. The van der Waals surface area contributed by atoms with Crippen LogP contribution >= 0.6 is 15.9 Å². The molecule has 0 aliphatic heterocycles. The van der Waals surface area contributed by atoms with Crippen molar-refractivity contribution in [2.75, 3.05) is 7.05 Å². The molecule has 2 heterocycles. The Labute approximate surface area is 120 Å². The van der Waals surface area contributed by atoms with E-state index in [1.807, 2.05) is 26.2 Å². The Morgan fingerprint density at radius 2 is 2.11 bits per heavy atom. The second-order valence-corrected chi connectivity index (χ2v) is 5.31. The molecule has 0 saturated heterocycles. The first kappa shape index (κ1) is 13.8. The SMILES string of the molecule is Cc1nn(C)c(C(=O)N(C)Cc2ccn(C)n2)c1Br. The molecule has 0 aromatic carbocycles. The van der Waals surface area contributed by atoms with Gasteiger partial charge in [0, 0.05) is 27.3 Å². The van der Waals surface area contributed by atoms with Gasteiger partial charge in [0.2, 0.25) is 0 Å². The first-order chi connectivity index (χ1) is 8.90. The van der Waals surface area contributed by atoms with Crippen LogP contribution in [0.15, 0.2) is 16.7 Å². The van der Waals surface area contributed by atoms with Gasteiger partial charge in [-0.3, -0.25) is 14.2 Å². The molecule has 19 heavy (non-hydrogen) atoms. The van der Waals surface area contributed by atoms with Crippen LogP contribution in [0.3, 0.4) is 0 Å². The van der Waals surface area contributed by atoms with E-state index in [-0.39, 0.29) is 5.91 Å². The molecule has 0 unspecified atom stereocenters. The van der Waals surface area contributed by atoms with Crippen LogP contribution in [-0.2, 0) is 20.6 Å². The molecule has 2 aromatic heterocycles. The van der Waals surface area contributed by atoms with Crippen molar-refractivity contribution in [3.63, 3.8) is 0 Å². The smallest absolute Gasteiger partial charge is 0.273 e. The third-order valence-electron chi connectivity index (χ3n) is 2.87. The molecule has 0 spiro atoms. The summed E-state index contributed by atoms with van der Waals surface area (Å²) in [6.45, 7) is 2.33.